The van der Waals surface area contributed by atoms with Crippen molar-refractivity contribution in [1.29, 1.82) is 0 Å². The molecule has 0 amide bonds. The van der Waals surface area contributed by atoms with Gasteiger partial charge in [-0.25, -0.2) is 0 Å². The van der Waals surface area contributed by atoms with Gasteiger partial charge in [0.15, 0.2) is 0 Å². The van der Waals surface area contributed by atoms with E-state index in [2.05, 4.69) is 47.9 Å². The van der Waals surface area contributed by atoms with Crippen molar-refractivity contribution in [3.05, 3.63) is 35.4 Å². The third-order valence-corrected chi connectivity index (χ3v) is 5.36. The average molecular weight is 286 g/mol. The van der Waals surface area contributed by atoms with Crippen molar-refractivity contribution in [2.75, 3.05) is 26.2 Å². The van der Waals surface area contributed by atoms with E-state index in [1.54, 1.807) is 0 Å². The summed E-state index contributed by atoms with van der Waals surface area (Å²) >= 11 is 0. The van der Waals surface area contributed by atoms with Gasteiger partial charge in [0.1, 0.15) is 0 Å². The van der Waals surface area contributed by atoms with Gasteiger partial charge in [-0.05, 0) is 31.2 Å². The summed E-state index contributed by atoms with van der Waals surface area (Å²) in [4.78, 5) is 5.38. The molecule has 2 heteroatoms. The molecule has 0 spiro atoms. The minimum absolute atomic E-state index is 0.871. The maximum Gasteiger partial charge on any atom is 0.0234 e. The molecule has 2 nitrogen and oxygen atoms in total. The van der Waals surface area contributed by atoms with Gasteiger partial charge in [0.25, 0.3) is 0 Å². The van der Waals surface area contributed by atoms with Crippen LogP contribution in [0.15, 0.2) is 24.3 Å². The van der Waals surface area contributed by atoms with E-state index >= 15 is 0 Å². The lowest BCUT2D eigenvalue weighted by Crippen LogP contribution is -2.50. The minimum Gasteiger partial charge on any atom is -0.298 e. The molecule has 1 aliphatic carbocycles. The van der Waals surface area contributed by atoms with E-state index in [0.29, 0.717) is 0 Å². The van der Waals surface area contributed by atoms with E-state index < -0.39 is 0 Å². The Labute approximate surface area is 130 Å². The largest absolute Gasteiger partial charge is 0.298 e. The highest BCUT2D eigenvalue weighted by Crippen LogP contribution is 2.28. The van der Waals surface area contributed by atoms with Crippen LogP contribution in [0.25, 0.3) is 0 Å². The van der Waals surface area contributed by atoms with Gasteiger partial charge < -0.3 is 0 Å². The van der Waals surface area contributed by atoms with E-state index in [1.165, 1.54) is 63.0 Å². The van der Waals surface area contributed by atoms with Gasteiger partial charge in [-0.3, -0.25) is 9.80 Å². The summed E-state index contributed by atoms with van der Waals surface area (Å²) in [6.45, 7) is 10.7. The van der Waals surface area contributed by atoms with Crippen molar-refractivity contribution in [2.24, 2.45) is 5.92 Å². The fourth-order valence-electron chi connectivity index (χ4n) is 3.97. The van der Waals surface area contributed by atoms with Gasteiger partial charge in [-0.2, -0.15) is 0 Å². The predicted molar refractivity (Wildman–Crippen MR) is 89.4 cm³/mol. The number of aryl methyl sites for hydroxylation is 1. The Balaban J connectivity index is 1.47. The molecule has 0 bridgehead atoms. The highest BCUT2D eigenvalue weighted by molar-refractivity contribution is 5.21. The summed E-state index contributed by atoms with van der Waals surface area (Å²) in [6, 6.07) is 9.90. The Hall–Kier alpha value is -0.860. The van der Waals surface area contributed by atoms with Gasteiger partial charge in [0.05, 0.1) is 0 Å². The molecular formula is C19H30N2. The zero-order valence-corrected chi connectivity index (χ0v) is 13.7. The fraction of sp³-hybridized carbons (Fsp3) is 0.684. The van der Waals surface area contributed by atoms with E-state index in [0.717, 1.165) is 18.5 Å². The van der Waals surface area contributed by atoms with Gasteiger partial charge >= 0.3 is 0 Å². The molecule has 2 fully saturated rings. The smallest absolute Gasteiger partial charge is 0.0234 e. The normalized spacial score (nSPS) is 28.7. The number of piperazine rings is 1. The average Bonchev–Trinajstić information content (AvgIpc) is 2.50. The fourth-order valence-corrected chi connectivity index (χ4v) is 3.97. The number of hydrogen-bond acceptors (Lipinski definition) is 2. The Morgan fingerprint density at radius 3 is 2.38 bits per heavy atom. The first kappa shape index (κ1) is 15.1. The van der Waals surface area contributed by atoms with Gasteiger partial charge in [0.2, 0.25) is 0 Å². The van der Waals surface area contributed by atoms with Gasteiger partial charge in [-0.1, -0.05) is 49.6 Å². The Kier molecular flexibility index (Phi) is 4.97. The number of nitrogens with zero attached hydrogens (tertiary/aromatic N) is 2. The van der Waals surface area contributed by atoms with Crippen molar-refractivity contribution >= 4 is 0 Å². The van der Waals surface area contributed by atoms with E-state index in [1.807, 2.05) is 0 Å². The third kappa shape index (κ3) is 4.08. The molecule has 1 aromatic rings. The summed E-state index contributed by atoms with van der Waals surface area (Å²) < 4.78 is 0. The molecule has 2 atom stereocenters. The van der Waals surface area contributed by atoms with Crippen LogP contribution in [0.1, 0.15) is 43.7 Å². The van der Waals surface area contributed by atoms with Gasteiger partial charge in [0, 0.05) is 38.8 Å². The molecule has 2 aliphatic rings. The van der Waals surface area contributed by atoms with Crippen LogP contribution in [0.4, 0.5) is 0 Å². The lowest BCUT2D eigenvalue weighted by molar-refractivity contribution is 0.0659. The molecule has 3 rings (SSSR count). The lowest BCUT2D eigenvalue weighted by Gasteiger charge is -2.42. The second-order valence-corrected chi connectivity index (χ2v) is 7.22. The first-order chi connectivity index (χ1) is 10.2. The van der Waals surface area contributed by atoms with Gasteiger partial charge in [-0.15, -0.1) is 0 Å². The molecule has 0 radical (unpaired) electrons. The van der Waals surface area contributed by atoms with Crippen LogP contribution in [0.2, 0.25) is 0 Å². The van der Waals surface area contributed by atoms with Crippen molar-refractivity contribution < 1.29 is 0 Å². The zero-order valence-electron chi connectivity index (χ0n) is 13.7. The summed E-state index contributed by atoms with van der Waals surface area (Å²) in [7, 11) is 0. The molecular weight excluding hydrogens is 256 g/mol. The predicted octanol–water partition coefficient (Wildman–Crippen LogP) is 3.69. The second kappa shape index (κ2) is 6.93. The molecule has 116 valence electrons. The van der Waals surface area contributed by atoms with E-state index in [4.69, 9.17) is 0 Å². The molecule has 1 aliphatic heterocycles. The highest BCUT2D eigenvalue weighted by Gasteiger charge is 2.27. The summed E-state index contributed by atoms with van der Waals surface area (Å²) in [6.07, 6.45) is 5.75. The molecule has 0 N–H and O–H groups in total. The molecule has 0 unspecified atom stereocenters. The molecule has 21 heavy (non-hydrogen) atoms. The Bertz CT molecular complexity index is 431. The topological polar surface area (TPSA) is 6.48 Å². The van der Waals surface area contributed by atoms with E-state index in [-0.39, 0.29) is 0 Å². The molecule has 1 saturated heterocycles. The summed E-state index contributed by atoms with van der Waals surface area (Å²) in [5, 5.41) is 0. The Morgan fingerprint density at radius 2 is 1.71 bits per heavy atom. The van der Waals surface area contributed by atoms with Crippen LogP contribution in [-0.2, 0) is 6.54 Å². The highest BCUT2D eigenvalue weighted by atomic mass is 15.3. The van der Waals surface area contributed by atoms with E-state index in [9.17, 15) is 0 Å². The molecule has 1 heterocycles. The van der Waals surface area contributed by atoms with Crippen molar-refractivity contribution in [2.45, 2.75) is 52.1 Å². The van der Waals surface area contributed by atoms with Crippen LogP contribution >= 0.6 is 0 Å². The maximum absolute atomic E-state index is 2.77. The Morgan fingerprint density at radius 1 is 1.00 bits per heavy atom. The standard InChI is InChI=1S/C19H30N2/c1-16-6-8-18(9-7-16)15-20-10-12-21(13-11-20)19-5-3-4-17(2)14-19/h6-9,17,19H,3-5,10-15H2,1-2H3/t17-,19+/m1/s1. The SMILES string of the molecule is Cc1ccc(CN2CCN([C@H]3CCC[C@@H](C)C3)CC2)cc1. The van der Waals surface area contributed by atoms with Crippen LogP contribution in [0.3, 0.4) is 0 Å². The van der Waals surface area contributed by atoms with Crippen molar-refractivity contribution in [1.82, 2.24) is 9.80 Å². The van der Waals surface area contributed by atoms with Crippen molar-refractivity contribution in [3.63, 3.8) is 0 Å². The first-order valence-electron chi connectivity index (χ1n) is 8.72. The van der Waals surface area contributed by atoms with Crippen LogP contribution < -0.4 is 0 Å². The first-order valence-corrected chi connectivity index (χ1v) is 8.72. The minimum atomic E-state index is 0.871. The number of hydrogen-bond donors (Lipinski definition) is 0. The zero-order chi connectivity index (χ0) is 14.7. The van der Waals surface area contributed by atoms with Crippen LogP contribution in [0.5, 0.6) is 0 Å². The molecule has 0 aromatic heterocycles. The number of rotatable bonds is 3. The van der Waals surface area contributed by atoms with Crippen LogP contribution in [0, 0.1) is 12.8 Å². The third-order valence-electron chi connectivity index (χ3n) is 5.36. The quantitative estimate of drug-likeness (QED) is 0.836. The number of benzene rings is 1. The summed E-state index contributed by atoms with van der Waals surface area (Å²) in [5.74, 6) is 0.939. The summed E-state index contributed by atoms with van der Waals surface area (Å²) in [5.41, 5.74) is 2.82. The van der Waals surface area contributed by atoms with Crippen molar-refractivity contribution in [3.8, 4) is 0 Å². The van der Waals surface area contributed by atoms with Crippen LogP contribution in [-0.4, -0.2) is 42.0 Å². The molecule has 1 saturated carbocycles. The lowest BCUT2D eigenvalue weighted by atomic mass is 9.86. The monoisotopic (exact) mass is 286 g/mol. The second-order valence-electron chi connectivity index (χ2n) is 7.22. The maximum atomic E-state index is 2.77. The molecule has 1 aromatic carbocycles.